The van der Waals surface area contributed by atoms with Gasteiger partial charge < -0.3 is 10.1 Å². The summed E-state index contributed by atoms with van der Waals surface area (Å²) in [5.74, 6) is 0.0106. The van der Waals surface area contributed by atoms with Gasteiger partial charge in [0.05, 0.1) is 24.1 Å². The number of rotatable bonds is 5. The van der Waals surface area contributed by atoms with Crippen LogP contribution in [0.15, 0.2) is 30.5 Å². The van der Waals surface area contributed by atoms with Crippen LogP contribution >= 0.6 is 0 Å². The molecule has 0 amide bonds. The number of halogens is 1. The molecule has 0 aliphatic heterocycles. The van der Waals surface area contributed by atoms with Gasteiger partial charge in [0.25, 0.3) is 0 Å². The number of nitrogens with zero attached hydrogens (tertiary/aromatic N) is 2. The lowest BCUT2D eigenvalue weighted by molar-refractivity contribution is 0.111. The van der Waals surface area contributed by atoms with Crippen molar-refractivity contribution in [3.8, 4) is 5.88 Å². The first-order valence-electron chi connectivity index (χ1n) is 5.70. The zero-order valence-electron chi connectivity index (χ0n) is 10.3. The first kappa shape index (κ1) is 12.9. The number of ether oxygens (including phenoxy) is 1. The Morgan fingerprint density at radius 2 is 2.21 bits per heavy atom. The number of pyridine rings is 2. The summed E-state index contributed by atoms with van der Waals surface area (Å²) < 4.78 is 18.5. The van der Waals surface area contributed by atoms with E-state index in [-0.39, 0.29) is 5.56 Å². The minimum Gasteiger partial charge on any atom is -0.478 e. The molecule has 0 fully saturated rings. The lowest BCUT2D eigenvalue weighted by Crippen LogP contribution is -1.99. The fourth-order valence-electron chi connectivity index (χ4n) is 1.44. The molecule has 0 unspecified atom stereocenters. The van der Waals surface area contributed by atoms with E-state index in [1.54, 1.807) is 18.3 Å². The molecule has 98 valence electrons. The van der Waals surface area contributed by atoms with E-state index in [4.69, 9.17) is 4.74 Å². The highest BCUT2D eigenvalue weighted by atomic mass is 19.1. The lowest BCUT2D eigenvalue weighted by Gasteiger charge is -2.07. The van der Waals surface area contributed by atoms with E-state index in [0.717, 1.165) is 0 Å². The summed E-state index contributed by atoms with van der Waals surface area (Å²) in [5.41, 5.74) is 0.574. The molecular formula is C13H12FN3O2. The van der Waals surface area contributed by atoms with Crippen molar-refractivity contribution in [2.45, 2.75) is 6.92 Å². The van der Waals surface area contributed by atoms with E-state index in [1.807, 2.05) is 6.92 Å². The number of nitrogens with one attached hydrogen (secondary N) is 1. The summed E-state index contributed by atoms with van der Waals surface area (Å²) in [7, 11) is 0. The third-order valence-electron chi connectivity index (χ3n) is 2.31. The third kappa shape index (κ3) is 3.25. The maximum atomic E-state index is 13.3. The first-order valence-corrected chi connectivity index (χ1v) is 5.70. The molecule has 1 N–H and O–H groups in total. The van der Waals surface area contributed by atoms with Crippen LogP contribution in [0.25, 0.3) is 0 Å². The number of aromatic nitrogens is 2. The van der Waals surface area contributed by atoms with Crippen LogP contribution in [0.4, 0.5) is 15.9 Å². The molecule has 2 aromatic heterocycles. The second-order valence-corrected chi connectivity index (χ2v) is 3.64. The van der Waals surface area contributed by atoms with E-state index in [0.29, 0.717) is 30.3 Å². The summed E-state index contributed by atoms with van der Waals surface area (Å²) >= 11 is 0. The van der Waals surface area contributed by atoms with Crippen LogP contribution in [0, 0.1) is 5.95 Å². The van der Waals surface area contributed by atoms with Gasteiger partial charge in [-0.25, -0.2) is 9.97 Å². The Kier molecular flexibility index (Phi) is 4.02. The van der Waals surface area contributed by atoms with E-state index in [1.165, 1.54) is 12.1 Å². The SMILES string of the molecule is CCOc1ccc(Nc2ccc(C=O)c(F)n2)cn1. The van der Waals surface area contributed by atoms with Gasteiger partial charge in [0.2, 0.25) is 11.8 Å². The zero-order chi connectivity index (χ0) is 13.7. The number of anilines is 2. The molecule has 0 saturated carbocycles. The molecule has 2 aromatic rings. The van der Waals surface area contributed by atoms with Crippen LogP contribution in [0.5, 0.6) is 5.88 Å². The van der Waals surface area contributed by atoms with Crippen molar-refractivity contribution >= 4 is 17.8 Å². The normalized spacial score (nSPS) is 10.0. The van der Waals surface area contributed by atoms with Gasteiger partial charge in [0.1, 0.15) is 5.82 Å². The second-order valence-electron chi connectivity index (χ2n) is 3.64. The maximum Gasteiger partial charge on any atom is 0.225 e. The van der Waals surface area contributed by atoms with Crippen molar-refractivity contribution in [1.29, 1.82) is 0 Å². The number of carbonyl (C=O) groups is 1. The molecule has 2 rings (SSSR count). The van der Waals surface area contributed by atoms with Crippen molar-refractivity contribution in [2.24, 2.45) is 0 Å². The van der Waals surface area contributed by atoms with E-state index < -0.39 is 5.95 Å². The van der Waals surface area contributed by atoms with Crippen LogP contribution in [0.2, 0.25) is 0 Å². The third-order valence-corrected chi connectivity index (χ3v) is 2.31. The van der Waals surface area contributed by atoms with Crippen molar-refractivity contribution in [1.82, 2.24) is 9.97 Å². The minimum absolute atomic E-state index is 0.0737. The minimum atomic E-state index is -0.807. The Morgan fingerprint density at radius 1 is 1.37 bits per heavy atom. The van der Waals surface area contributed by atoms with Crippen molar-refractivity contribution < 1.29 is 13.9 Å². The summed E-state index contributed by atoms with van der Waals surface area (Å²) in [4.78, 5) is 18.2. The molecule has 0 aromatic carbocycles. The van der Waals surface area contributed by atoms with Crippen LogP contribution in [-0.2, 0) is 0 Å². The van der Waals surface area contributed by atoms with Gasteiger partial charge in [-0.1, -0.05) is 0 Å². The number of hydrogen-bond donors (Lipinski definition) is 1. The molecule has 2 heterocycles. The quantitative estimate of drug-likeness (QED) is 0.662. The molecular weight excluding hydrogens is 249 g/mol. The molecule has 0 aliphatic carbocycles. The van der Waals surface area contributed by atoms with Crippen LogP contribution in [0.1, 0.15) is 17.3 Å². The topological polar surface area (TPSA) is 64.1 Å². The smallest absolute Gasteiger partial charge is 0.225 e. The number of hydrogen-bond acceptors (Lipinski definition) is 5. The van der Waals surface area contributed by atoms with Crippen LogP contribution in [0.3, 0.4) is 0 Å². The van der Waals surface area contributed by atoms with Crippen LogP contribution < -0.4 is 10.1 Å². The highest BCUT2D eigenvalue weighted by Gasteiger charge is 2.04. The standard InChI is InChI=1S/C13H12FN3O2/c1-2-19-12-6-4-10(7-15-12)16-11-5-3-9(8-18)13(14)17-11/h3-8H,2H2,1H3,(H,16,17). The molecule has 6 heteroatoms. The van der Waals surface area contributed by atoms with Gasteiger partial charge in [-0.2, -0.15) is 4.39 Å². The van der Waals surface area contributed by atoms with E-state index in [2.05, 4.69) is 15.3 Å². The Hall–Kier alpha value is -2.50. The predicted molar refractivity (Wildman–Crippen MR) is 68.3 cm³/mol. The fourth-order valence-corrected chi connectivity index (χ4v) is 1.44. The van der Waals surface area contributed by atoms with E-state index >= 15 is 0 Å². The summed E-state index contributed by atoms with van der Waals surface area (Å²) in [6, 6.07) is 6.32. The molecule has 0 radical (unpaired) electrons. The van der Waals surface area contributed by atoms with Gasteiger partial charge in [0.15, 0.2) is 6.29 Å². The molecule has 5 nitrogen and oxygen atoms in total. The van der Waals surface area contributed by atoms with Crippen molar-refractivity contribution in [3.05, 3.63) is 42.0 Å². The van der Waals surface area contributed by atoms with Crippen molar-refractivity contribution in [3.63, 3.8) is 0 Å². The van der Waals surface area contributed by atoms with Gasteiger partial charge in [-0.15, -0.1) is 0 Å². The maximum absolute atomic E-state index is 13.3. The van der Waals surface area contributed by atoms with Gasteiger partial charge in [0, 0.05) is 6.07 Å². The Balaban J connectivity index is 2.12. The molecule has 0 spiro atoms. The molecule has 0 atom stereocenters. The summed E-state index contributed by atoms with van der Waals surface area (Å²) in [5, 5.41) is 2.88. The largest absolute Gasteiger partial charge is 0.478 e. The molecule has 19 heavy (non-hydrogen) atoms. The highest BCUT2D eigenvalue weighted by molar-refractivity contribution is 5.75. The second kappa shape index (κ2) is 5.90. The Bertz CT molecular complexity index is 573. The number of aldehydes is 1. The average molecular weight is 261 g/mol. The Labute approximate surface area is 109 Å². The first-order chi connectivity index (χ1) is 9.22. The van der Waals surface area contributed by atoms with Gasteiger partial charge in [-0.05, 0) is 25.1 Å². The monoisotopic (exact) mass is 261 g/mol. The lowest BCUT2D eigenvalue weighted by atomic mass is 10.3. The van der Waals surface area contributed by atoms with Gasteiger partial charge >= 0.3 is 0 Å². The molecule has 0 saturated heterocycles. The van der Waals surface area contributed by atoms with Crippen molar-refractivity contribution in [2.75, 3.05) is 11.9 Å². The molecule has 0 aliphatic rings. The van der Waals surface area contributed by atoms with Gasteiger partial charge in [-0.3, -0.25) is 4.79 Å². The highest BCUT2D eigenvalue weighted by Crippen LogP contribution is 2.17. The summed E-state index contributed by atoms with van der Waals surface area (Å²) in [6.07, 6.45) is 1.97. The van der Waals surface area contributed by atoms with E-state index in [9.17, 15) is 9.18 Å². The average Bonchev–Trinajstić information content (AvgIpc) is 2.42. The fraction of sp³-hybridized carbons (Fsp3) is 0.154. The predicted octanol–water partition coefficient (Wildman–Crippen LogP) is 2.57. The number of carbonyl (C=O) groups excluding carboxylic acids is 1. The molecule has 0 bridgehead atoms. The zero-order valence-corrected chi connectivity index (χ0v) is 10.3. The van der Waals surface area contributed by atoms with Crippen LogP contribution in [-0.4, -0.2) is 22.9 Å². The summed E-state index contributed by atoms with van der Waals surface area (Å²) in [6.45, 7) is 2.41. The Morgan fingerprint density at radius 3 is 2.79 bits per heavy atom.